The Morgan fingerprint density at radius 3 is 2.46 bits per heavy atom. The summed E-state index contributed by atoms with van der Waals surface area (Å²) in [5, 5.41) is 1.48. The number of methoxy groups -OCH3 is 1. The third-order valence-corrected chi connectivity index (χ3v) is 3.64. The van der Waals surface area contributed by atoms with E-state index in [0.29, 0.717) is 22.9 Å². The van der Waals surface area contributed by atoms with Crippen molar-refractivity contribution < 1.29 is 22.7 Å². The van der Waals surface area contributed by atoms with Gasteiger partial charge in [0, 0.05) is 11.8 Å². The molecule has 0 aliphatic rings. The van der Waals surface area contributed by atoms with Crippen LogP contribution in [0.15, 0.2) is 54.7 Å². The molecule has 0 unspecified atom stereocenters. The molecule has 0 saturated heterocycles. The lowest BCUT2D eigenvalue weighted by molar-refractivity contribution is -0.137. The van der Waals surface area contributed by atoms with Crippen LogP contribution in [0.3, 0.4) is 0 Å². The molecule has 0 saturated carbocycles. The number of rotatable bonds is 3. The fourth-order valence-electron chi connectivity index (χ4n) is 2.42. The molecular weight excluding hydrogens is 319 g/mol. The molecule has 0 radical (unpaired) electrons. The standard InChI is InChI=1S/C18H12F3NO2/c1-24-13-8-11-4-2-3-5-14(11)15(9-13)17(23)16-7-6-12(10-22-16)18(19,20)21/h2-10H,1H3. The topological polar surface area (TPSA) is 39.2 Å². The summed E-state index contributed by atoms with van der Waals surface area (Å²) in [7, 11) is 1.48. The Morgan fingerprint density at radius 1 is 1.08 bits per heavy atom. The van der Waals surface area contributed by atoms with Gasteiger partial charge in [0.15, 0.2) is 0 Å². The van der Waals surface area contributed by atoms with Crippen LogP contribution in [0.4, 0.5) is 13.2 Å². The summed E-state index contributed by atoms with van der Waals surface area (Å²) in [5.41, 5.74) is -0.617. The lowest BCUT2D eigenvalue weighted by atomic mass is 9.99. The van der Waals surface area contributed by atoms with Crippen molar-refractivity contribution in [1.82, 2.24) is 4.98 Å². The Hall–Kier alpha value is -2.89. The highest BCUT2D eigenvalue weighted by molar-refractivity contribution is 6.15. The molecule has 3 rings (SSSR count). The van der Waals surface area contributed by atoms with E-state index in [2.05, 4.69) is 4.98 Å². The number of nitrogens with zero attached hydrogens (tertiary/aromatic N) is 1. The van der Waals surface area contributed by atoms with E-state index in [1.54, 1.807) is 24.3 Å². The fourth-order valence-corrected chi connectivity index (χ4v) is 2.42. The van der Waals surface area contributed by atoms with Gasteiger partial charge >= 0.3 is 6.18 Å². The van der Waals surface area contributed by atoms with Gasteiger partial charge in [0.2, 0.25) is 5.78 Å². The highest BCUT2D eigenvalue weighted by atomic mass is 19.4. The molecule has 122 valence electrons. The summed E-state index contributed by atoms with van der Waals surface area (Å²) in [6.07, 6.45) is -3.83. The Balaban J connectivity index is 2.08. The van der Waals surface area contributed by atoms with Crippen LogP contribution in [0, 0.1) is 0 Å². The van der Waals surface area contributed by atoms with Crippen molar-refractivity contribution >= 4 is 16.6 Å². The predicted molar refractivity (Wildman–Crippen MR) is 83.2 cm³/mol. The molecule has 0 aliphatic heterocycles. The monoisotopic (exact) mass is 331 g/mol. The first-order valence-corrected chi connectivity index (χ1v) is 7.05. The first-order valence-electron chi connectivity index (χ1n) is 7.05. The quantitative estimate of drug-likeness (QED) is 0.664. The smallest absolute Gasteiger partial charge is 0.417 e. The van der Waals surface area contributed by atoms with E-state index in [9.17, 15) is 18.0 Å². The summed E-state index contributed by atoms with van der Waals surface area (Å²) in [4.78, 5) is 16.4. The maximum Gasteiger partial charge on any atom is 0.417 e. The van der Waals surface area contributed by atoms with Gasteiger partial charge in [-0.15, -0.1) is 0 Å². The van der Waals surface area contributed by atoms with Crippen LogP contribution < -0.4 is 4.74 Å². The molecule has 24 heavy (non-hydrogen) atoms. The number of hydrogen-bond acceptors (Lipinski definition) is 3. The van der Waals surface area contributed by atoms with Crippen LogP contribution >= 0.6 is 0 Å². The molecule has 0 aliphatic carbocycles. The first-order chi connectivity index (χ1) is 11.4. The zero-order chi connectivity index (χ0) is 17.3. The summed E-state index contributed by atoms with van der Waals surface area (Å²) in [5.74, 6) is 0.0304. The number of halogens is 3. The van der Waals surface area contributed by atoms with Gasteiger partial charge < -0.3 is 4.74 Å². The second kappa shape index (κ2) is 5.96. The summed E-state index contributed by atoms with van der Waals surface area (Å²) >= 11 is 0. The molecule has 3 nitrogen and oxygen atoms in total. The van der Waals surface area contributed by atoms with Crippen LogP contribution in [0.1, 0.15) is 21.6 Å². The van der Waals surface area contributed by atoms with Crippen molar-refractivity contribution in [2.24, 2.45) is 0 Å². The minimum Gasteiger partial charge on any atom is -0.497 e. The molecule has 0 fully saturated rings. The van der Waals surface area contributed by atoms with Gasteiger partial charge in [-0.1, -0.05) is 24.3 Å². The Morgan fingerprint density at radius 2 is 1.83 bits per heavy atom. The van der Waals surface area contributed by atoms with E-state index >= 15 is 0 Å². The second-order valence-corrected chi connectivity index (χ2v) is 5.16. The van der Waals surface area contributed by atoms with Crippen LogP contribution in [0.25, 0.3) is 10.8 Å². The number of ketones is 1. The van der Waals surface area contributed by atoms with Gasteiger partial charge in [-0.2, -0.15) is 13.2 Å². The maximum absolute atomic E-state index is 12.7. The first kappa shape index (κ1) is 16.0. The molecule has 0 bridgehead atoms. The van der Waals surface area contributed by atoms with E-state index < -0.39 is 17.5 Å². The van der Waals surface area contributed by atoms with Gasteiger partial charge in [-0.3, -0.25) is 9.78 Å². The molecular formula is C18H12F3NO2. The largest absolute Gasteiger partial charge is 0.497 e. The van der Waals surface area contributed by atoms with Crippen LogP contribution in [-0.2, 0) is 6.18 Å². The van der Waals surface area contributed by atoms with Crippen molar-refractivity contribution in [2.75, 3.05) is 7.11 Å². The number of fused-ring (bicyclic) bond motifs is 1. The molecule has 1 heterocycles. The normalized spacial score (nSPS) is 11.5. The lowest BCUT2D eigenvalue weighted by Gasteiger charge is -2.10. The number of pyridine rings is 1. The molecule has 0 N–H and O–H groups in total. The average molecular weight is 331 g/mol. The SMILES string of the molecule is COc1cc(C(=O)c2ccc(C(F)(F)F)cn2)c2ccccc2c1. The highest BCUT2D eigenvalue weighted by Gasteiger charge is 2.31. The minimum atomic E-state index is -4.49. The third kappa shape index (κ3) is 2.95. The number of aromatic nitrogens is 1. The summed E-state index contributed by atoms with van der Waals surface area (Å²) < 4.78 is 43.0. The van der Waals surface area contributed by atoms with Crippen molar-refractivity contribution in [3.63, 3.8) is 0 Å². The van der Waals surface area contributed by atoms with E-state index in [0.717, 1.165) is 17.5 Å². The van der Waals surface area contributed by atoms with Crippen LogP contribution in [0.5, 0.6) is 5.75 Å². The number of ether oxygens (including phenoxy) is 1. The van der Waals surface area contributed by atoms with Crippen molar-refractivity contribution in [1.29, 1.82) is 0 Å². The zero-order valence-electron chi connectivity index (χ0n) is 12.6. The second-order valence-electron chi connectivity index (χ2n) is 5.16. The third-order valence-electron chi connectivity index (χ3n) is 3.64. The van der Waals surface area contributed by atoms with Crippen LogP contribution in [-0.4, -0.2) is 17.9 Å². The maximum atomic E-state index is 12.7. The lowest BCUT2D eigenvalue weighted by Crippen LogP contribution is -2.09. The molecule has 6 heteroatoms. The van der Waals surface area contributed by atoms with E-state index in [-0.39, 0.29) is 5.69 Å². The average Bonchev–Trinajstić information content (AvgIpc) is 2.59. The zero-order valence-corrected chi connectivity index (χ0v) is 12.6. The number of hydrogen-bond donors (Lipinski definition) is 0. The Kier molecular flexibility index (Phi) is 3.97. The van der Waals surface area contributed by atoms with Gasteiger partial charge in [0.25, 0.3) is 0 Å². The molecule has 0 atom stereocenters. The highest BCUT2D eigenvalue weighted by Crippen LogP contribution is 2.30. The van der Waals surface area contributed by atoms with Crippen LogP contribution in [0.2, 0.25) is 0 Å². The molecule has 1 aromatic heterocycles. The fraction of sp³-hybridized carbons (Fsp3) is 0.111. The Bertz CT molecular complexity index is 902. The van der Waals surface area contributed by atoms with Gasteiger partial charge in [0.05, 0.1) is 12.7 Å². The predicted octanol–water partition coefficient (Wildman–Crippen LogP) is 4.49. The number of benzene rings is 2. The molecule has 3 aromatic rings. The number of carbonyl (C=O) groups excluding carboxylic acids is 1. The molecule has 2 aromatic carbocycles. The van der Waals surface area contributed by atoms with E-state index in [1.807, 2.05) is 12.1 Å². The van der Waals surface area contributed by atoms with E-state index in [4.69, 9.17) is 4.74 Å². The van der Waals surface area contributed by atoms with Gasteiger partial charge in [0.1, 0.15) is 11.4 Å². The summed E-state index contributed by atoms with van der Waals surface area (Å²) in [6.45, 7) is 0. The Labute approximate surface area is 135 Å². The number of carbonyl (C=O) groups is 1. The van der Waals surface area contributed by atoms with Gasteiger partial charge in [-0.25, -0.2) is 0 Å². The molecule has 0 spiro atoms. The minimum absolute atomic E-state index is 0.0543. The van der Waals surface area contributed by atoms with Crippen molar-refractivity contribution in [3.05, 3.63) is 71.5 Å². The van der Waals surface area contributed by atoms with E-state index in [1.165, 1.54) is 7.11 Å². The van der Waals surface area contributed by atoms with Crippen molar-refractivity contribution in [2.45, 2.75) is 6.18 Å². The number of alkyl halides is 3. The molecule has 0 amide bonds. The van der Waals surface area contributed by atoms with Gasteiger partial charge in [-0.05, 0) is 35.0 Å². The summed E-state index contributed by atoms with van der Waals surface area (Å²) in [6, 6.07) is 12.5. The van der Waals surface area contributed by atoms with Crippen molar-refractivity contribution in [3.8, 4) is 5.75 Å².